The second kappa shape index (κ2) is 6.50. The molecule has 0 aliphatic carbocycles. The van der Waals surface area contributed by atoms with Crippen LogP contribution in [0.1, 0.15) is 41.4 Å². The summed E-state index contributed by atoms with van der Waals surface area (Å²) < 4.78 is 55.8. The SMILES string of the molecule is CC1(C)Oc2ccc(S(=O)(=O)C(F)F)cc2[C@@H](N2Cc3ccccc3C2=O)[C@@H]1O. The highest BCUT2D eigenvalue weighted by Gasteiger charge is 2.49. The van der Waals surface area contributed by atoms with Crippen LogP contribution in [0.5, 0.6) is 5.75 Å². The Morgan fingerprint density at radius 2 is 1.90 bits per heavy atom. The van der Waals surface area contributed by atoms with E-state index in [1.807, 2.05) is 0 Å². The lowest BCUT2D eigenvalue weighted by atomic mass is 9.85. The van der Waals surface area contributed by atoms with E-state index in [9.17, 15) is 27.1 Å². The average molecular weight is 423 g/mol. The van der Waals surface area contributed by atoms with Crippen molar-refractivity contribution in [1.29, 1.82) is 0 Å². The number of hydrogen-bond donors (Lipinski definition) is 1. The molecule has 0 unspecified atom stereocenters. The Bertz CT molecular complexity index is 1100. The number of alkyl halides is 2. The zero-order valence-corrected chi connectivity index (χ0v) is 16.5. The normalized spacial score (nSPS) is 23.0. The van der Waals surface area contributed by atoms with Crippen molar-refractivity contribution in [2.75, 3.05) is 0 Å². The Kier molecular flexibility index (Phi) is 4.43. The first-order valence-corrected chi connectivity index (χ1v) is 10.5. The maximum Gasteiger partial charge on any atom is 0.341 e. The molecule has 0 aromatic heterocycles. The standard InChI is InChI=1S/C20H19F2NO5S/c1-20(2)17(24)16(23-10-11-5-3-4-6-13(11)18(23)25)14-9-12(7-8-15(14)28-20)29(26,27)19(21)22/h3-9,16-17,19,24H,10H2,1-2H3/t16-,17+/m1/s1. The van der Waals surface area contributed by atoms with Gasteiger partial charge in [-0.1, -0.05) is 18.2 Å². The van der Waals surface area contributed by atoms with Crippen LogP contribution in [0.2, 0.25) is 0 Å². The quantitative estimate of drug-likeness (QED) is 0.821. The third-order valence-corrected chi connectivity index (χ3v) is 6.81. The lowest BCUT2D eigenvalue weighted by Crippen LogP contribution is -2.53. The molecule has 2 aliphatic rings. The fraction of sp³-hybridized carbons (Fsp3) is 0.350. The second-order valence-electron chi connectivity index (χ2n) is 7.69. The van der Waals surface area contributed by atoms with E-state index in [1.165, 1.54) is 11.0 Å². The number of carbonyl (C=O) groups is 1. The van der Waals surface area contributed by atoms with Gasteiger partial charge in [-0.05, 0) is 43.7 Å². The maximum atomic E-state index is 13.0. The van der Waals surface area contributed by atoms with E-state index in [4.69, 9.17) is 4.74 Å². The number of fused-ring (bicyclic) bond motifs is 2. The number of sulfone groups is 1. The average Bonchev–Trinajstić information content (AvgIpc) is 2.99. The summed E-state index contributed by atoms with van der Waals surface area (Å²) in [5, 5.41) is 11.0. The molecule has 9 heteroatoms. The fourth-order valence-corrected chi connectivity index (χ4v) is 4.62. The van der Waals surface area contributed by atoms with Crippen LogP contribution < -0.4 is 4.74 Å². The fourth-order valence-electron chi connectivity index (χ4n) is 3.86. The number of rotatable bonds is 3. The highest BCUT2D eigenvalue weighted by Crippen LogP contribution is 2.46. The molecule has 1 N–H and O–H groups in total. The van der Waals surface area contributed by atoms with Crippen molar-refractivity contribution in [3.05, 3.63) is 59.2 Å². The largest absolute Gasteiger partial charge is 0.485 e. The zero-order valence-electron chi connectivity index (χ0n) is 15.7. The highest BCUT2D eigenvalue weighted by molar-refractivity contribution is 7.91. The van der Waals surface area contributed by atoms with Crippen LogP contribution in [0.15, 0.2) is 47.4 Å². The highest BCUT2D eigenvalue weighted by atomic mass is 32.2. The third-order valence-electron chi connectivity index (χ3n) is 5.43. The number of aliphatic hydroxyl groups is 1. The predicted molar refractivity (Wildman–Crippen MR) is 99.4 cm³/mol. The van der Waals surface area contributed by atoms with E-state index >= 15 is 0 Å². The number of benzene rings is 2. The molecule has 29 heavy (non-hydrogen) atoms. The van der Waals surface area contributed by atoms with Crippen molar-refractivity contribution in [3.63, 3.8) is 0 Å². The summed E-state index contributed by atoms with van der Waals surface area (Å²) in [6, 6.07) is 9.44. The minimum absolute atomic E-state index is 0.180. The summed E-state index contributed by atoms with van der Waals surface area (Å²) in [6.07, 6.45) is -1.21. The minimum Gasteiger partial charge on any atom is -0.485 e. The van der Waals surface area contributed by atoms with Gasteiger partial charge in [-0.15, -0.1) is 0 Å². The summed E-state index contributed by atoms with van der Waals surface area (Å²) in [5.74, 6) is -3.67. The summed E-state index contributed by atoms with van der Waals surface area (Å²) in [7, 11) is -4.84. The van der Waals surface area contributed by atoms with Gasteiger partial charge in [-0.25, -0.2) is 8.42 Å². The van der Waals surface area contributed by atoms with Crippen molar-refractivity contribution in [2.24, 2.45) is 0 Å². The Balaban J connectivity index is 1.86. The van der Waals surface area contributed by atoms with Gasteiger partial charge in [0.05, 0.1) is 10.9 Å². The summed E-state index contributed by atoms with van der Waals surface area (Å²) >= 11 is 0. The van der Waals surface area contributed by atoms with E-state index in [1.54, 1.807) is 38.1 Å². The van der Waals surface area contributed by atoms with Crippen molar-refractivity contribution >= 4 is 15.7 Å². The third kappa shape index (κ3) is 3.00. The van der Waals surface area contributed by atoms with Gasteiger partial charge >= 0.3 is 5.76 Å². The zero-order chi connectivity index (χ0) is 21.1. The van der Waals surface area contributed by atoms with E-state index < -0.39 is 38.2 Å². The number of hydrogen-bond acceptors (Lipinski definition) is 5. The molecule has 0 bridgehead atoms. The molecular weight excluding hydrogens is 404 g/mol. The molecule has 2 heterocycles. The molecule has 0 radical (unpaired) electrons. The van der Waals surface area contributed by atoms with Gasteiger partial charge < -0.3 is 14.7 Å². The predicted octanol–water partition coefficient (Wildman–Crippen LogP) is 2.91. The van der Waals surface area contributed by atoms with Gasteiger partial charge in [0.2, 0.25) is 9.84 Å². The second-order valence-corrected chi connectivity index (χ2v) is 9.61. The van der Waals surface area contributed by atoms with Crippen LogP contribution >= 0.6 is 0 Å². The Hall–Kier alpha value is -2.52. The van der Waals surface area contributed by atoms with Gasteiger partial charge in [0.25, 0.3) is 5.91 Å². The molecule has 154 valence electrons. The van der Waals surface area contributed by atoms with Crippen molar-refractivity contribution in [1.82, 2.24) is 4.90 Å². The Morgan fingerprint density at radius 3 is 2.55 bits per heavy atom. The van der Waals surface area contributed by atoms with E-state index in [0.29, 0.717) is 5.56 Å². The van der Waals surface area contributed by atoms with Gasteiger partial charge in [0, 0.05) is 17.7 Å². The van der Waals surface area contributed by atoms with E-state index in [0.717, 1.165) is 17.7 Å². The first-order chi connectivity index (χ1) is 13.5. The molecule has 2 aliphatic heterocycles. The molecule has 6 nitrogen and oxygen atoms in total. The first kappa shape index (κ1) is 19.8. The monoisotopic (exact) mass is 423 g/mol. The molecule has 0 saturated heterocycles. The smallest absolute Gasteiger partial charge is 0.341 e. The van der Waals surface area contributed by atoms with Crippen LogP contribution in [0.25, 0.3) is 0 Å². The van der Waals surface area contributed by atoms with Gasteiger partial charge in [0.1, 0.15) is 17.5 Å². The molecule has 0 saturated carbocycles. The molecule has 2 aromatic rings. The van der Waals surface area contributed by atoms with Crippen LogP contribution in [-0.4, -0.2) is 41.8 Å². The first-order valence-electron chi connectivity index (χ1n) is 8.96. The summed E-state index contributed by atoms with van der Waals surface area (Å²) in [4.78, 5) is 13.8. The number of aliphatic hydroxyl groups excluding tert-OH is 1. The molecule has 2 aromatic carbocycles. The molecule has 0 spiro atoms. The van der Waals surface area contributed by atoms with Crippen molar-refractivity contribution < 1.29 is 31.8 Å². The van der Waals surface area contributed by atoms with Crippen molar-refractivity contribution in [3.8, 4) is 5.75 Å². The minimum atomic E-state index is -4.84. The lowest BCUT2D eigenvalue weighted by Gasteiger charge is -2.45. The Labute approximate surface area is 166 Å². The topological polar surface area (TPSA) is 83.9 Å². The van der Waals surface area contributed by atoms with E-state index in [-0.39, 0.29) is 23.8 Å². The number of carbonyl (C=O) groups excluding carboxylic acids is 1. The number of ether oxygens (including phenoxy) is 1. The van der Waals surface area contributed by atoms with Gasteiger partial charge in [-0.3, -0.25) is 4.79 Å². The number of amides is 1. The van der Waals surface area contributed by atoms with Crippen LogP contribution in [0.3, 0.4) is 0 Å². The molecule has 2 atom stereocenters. The van der Waals surface area contributed by atoms with Gasteiger partial charge in [0.15, 0.2) is 0 Å². The van der Waals surface area contributed by atoms with Crippen molar-refractivity contribution in [2.45, 2.75) is 48.8 Å². The lowest BCUT2D eigenvalue weighted by molar-refractivity contribution is -0.0869. The molecule has 0 fully saturated rings. The van der Waals surface area contributed by atoms with Crippen LogP contribution in [0, 0.1) is 0 Å². The van der Waals surface area contributed by atoms with Gasteiger partial charge in [-0.2, -0.15) is 8.78 Å². The molecular formula is C20H19F2NO5S. The van der Waals surface area contributed by atoms with E-state index in [2.05, 4.69) is 0 Å². The Morgan fingerprint density at radius 1 is 1.21 bits per heavy atom. The summed E-state index contributed by atoms with van der Waals surface area (Å²) in [5.41, 5.74) is 0.351. The molecule has 1 amide bonds. The van der Waals surface area contributed by atoms with Crippen LogP contribution in [-0.2, 0) is 16.4 Å². The number of nitrogens with zero attached hydrogens (tertiary/aromatic N) is 1. The van der Waals surface area contributed by atoms with Crippen LogP contribution in [0.4, 0.5) is 8.78 Å². The maximum absolute atomic E-state index is 13.0. The summed E-state index contributed by atoms with van der Waals surface area (Å²) in [6.45, 7) is 3.49. The number of halogens is 2. The molecule has 4 rings (SSSR count).